The van der Waals surface area contributed by atoms with Crippen LogP contribution in [0.15, 0.2) is 100 Å². The number of nitrogens with zero attached hydrogens (tertiary/aromatic N) is 1. The molecule has 0 aliphatic carbocycles. The number of non-ortho nitro benzene ring substituents is 1. The Bertz CT molecular complexity index is 1850. The molecule has 0 fully saturated rings. The summed E-state index contributed by atoms with van der Waals surface area (Å²) in [5, 5.41) is 11.9. The minimum absolute atomic E-state index is 0.0814. The summed E-state index contributed by atoms with van der Waals surface area (Å²) in [4.78, 5) is 36.0. The van der Waals surface area contributed by atoms with Gasteiger partial charge in [0, 0.05) is 24.3 Å². The largest absolute Gasteiger partial charge is 0.450 e. The van der Waals surface area contributed by atoms with Crippen LogP contribution >= 0.6 is 0 Å². The number of halogens is 3. The van der Waals surface area contributed by atoms with Crippen LogP contribution < -0.4 is 10.2 Å². The maximum Gasteiger partial charge on any atom is 0.450 e. The Morgan fingerprint density at radius 1 is 0.923 bits per heavy atom. The van der Waals surface area contributed by atoms with Crippen molar-refractivity contribution >= 4 is 39.5 Å². The van der Waals surface area contributed by atoms with E-state index in [4.69, 9.17) is 9.15 Å². The topological polar surface area (TPSA) is 99.6 Å². The molecule has 7 nitrogen and oxygen atoms in total. The fourth-order valence-electron chi connectivity index (χ4n) is 4.18. The van der Waals surface area contributed by atoms with Crippen molar-refractivity contribution < 1.29 is 32.0 Å². The number of hydrogen-bond acceptors (Lipinski definition) is 6. The summed E-state index contributed by atoms with van der Waals surface area (Å²) in [5.41, 5.74) is -1.64. The number of hydrogen-bond donors (Lipinski definition) is 0. The van der Waals surface area contributed by atoms with Crippen molar-refractivity contribution in [3.63, 3.8) is 0 Å². The molecule has 0 unspecified atom stereocenters. The van der Waals surface area contributed by atoms with Crippen LogP contribution in [0, 0.1) is 10.1 Å². The monoisotopic (exact) mass is 531 g/mol. The molecule has 0 saturated carbocycles. The zero-order valence-electron chi connectivity index (χ0n) is 19.8. The van der Waals surface area contributed by atoms with Crippen molar-refractivity contribution in [2.75, 3.05) is 0 Å². The van der Waals surface area contributed by atoms with Crippen LogP contribution in [-0.4, -0.2) is 10.9 Å². The van der Waals surface area contributed by atoms with Crippen LogP contribution in [0.4, 0.5) is 18.9 Å². The normalized spacial score (nSPS) is 11.8. The van der Waals surface area contributed by atoms with Gasteiger partial charge in [-0.3, -0.25) is 14.9 Å². The summed E-state index contributed by atoms with van der Waals surface area (Å²) >= 11 is 0. The second-order valence-corrected chi connectivity index (χ2v) is 8.42. The van der Waals surface area contributed by atoms with E-state index in [-0.39, 0.29) is 22.4 Å². The molecule has 0 N–H and O–H groups in total. The van der Waals surface area contributed by atoms with Crippen LogP contribution in [0.25, 0.3) is 38.9 Å². The number of nitro groups is 1. The van der Waals surface area contributed by atoms with E-state index >= 15 is 0 Å². The first kappa shape index (κ1) is 25.4. The number of carbonyl (C=O) groups excluding carboxylic acids is 1. The number of ether oxygens (including phenoxy) is 1. The van der Waals surface area contributed by atoms with Gasteiger partial charge in [0.25, 0.3) is 5.69 Å². The molecule has 0 atom stereocenters. The first-order chi connectivity index (χ1) is 18.6. The Labute approximate surface area is 217 Å². The highest BCUT2D eigenvalue weighted by molar-refractivity contribution is 5.99. The second kappa shape index (κ2) is 9.90. The Morgan fingerprint density at radius 3 is 2.44 bits per heavy atom. The number of esters is 1. The summed E-state index contributed by atoms with van der Waals surface area (Å²) in [5.74, 6) is -2.53. The van der Waals surface area contributed by atoms with Gasteiger partial charge >= 0.3 is 12.1 Å². The van der Waals surface area contributed by atoms with Crippen molar-refractivity contribution in [3.8, 4) is 16.9 Å². The number of fused-ring (bicyclic) bond motifs is 2. The van der Waals surface area contributed by atoms with E-state index in [1.54, 1.807) is 36.4 Å². The highest BCUT2D eigenvalue weighted by atomic mass is 19.4. The number of rotatable bonds is 5. The van der Waals surface area contributed by atoms with E-state index in [0.717, 1.165) is 12.1 Å². The predicted molar refractivity (Wildman–Crippen MR) is 138 cm³/mol. The molecule has 4 aromatic carbocycles. The average Bonchev–Trinajstić information content (AvgIpc) is 2.91. The van der Waals surface area contributed by atoms with Crippen molar-refractivity contribution in [2.24, 2.45) is 0 Å². The van der Waals surface area contributed by atoms with Gasteiger partial charge in [0.1, 0.15) is 11.3 Å². The number of alkyl halides is 3. The van der Waals surface area contributed by atoms with E-state index in [9.17, 15) is 32.9 Å². The molecule has 0 aliphatic rings. The van der Waals surface area contributed by atoms with Crippen molar-refractivity contribution in [2.45, 2.75) is 6.18 Å². The molecule has 39 heavy (non-hydrogen) atoms. The van der Waals surface area contributed by atoms with Gasteiger partial charge in [-0.1, -0.05) is 54.6 Å². The van der Waals surface area contributed by atoms with Crippen molar-refractivity contribution in [1.82, 2.24) is 0 Å². The molecule has 1 heterocycles. The molecule has 194 valence electrons. The molecule has 0 amide bonds. The smallest absolute Gasteiger partial charge is 0.450 e. The molecule has 0 radical (unpaired) electrons. The third-order valence-corrected chi connectivity index (χ3v) is 5.89. The van der Waals surface area contributed by atoms with Crippen molar-refractivity contribution in [3.05, 3.63) is 123 Å². The lowest BCUT2D eigenvalue weighted by Crippen LogP contribution is -2.16. The van der Waals surface area contributed by atoms with E-state index < -0.39 is 39.4 Å². The first-order valence-electron chi connectivity index (χ1n) is 11.4. The van der Waals surface area contributed by atoms with Gasteiger partial charge in [0.15, 0.2) is 0 Å². The minimum atomic E-state index is -4.99. The van der Waals surface area contributed by atoms with Crippen LogP contribution in [0.2, 0.25) is 0 Å². The van der Waals surface area contributed by atoms with E-state index in [0.29, 0.717) is 16.3 Å². The summed E-state index contributed by atoms with van der Waals surface area (Å²) in [6.45, 7) is 0. The van der Waals surface area contributed by atoms with Gasteiger partial charge in [0.2, 0.25) is 11.2 Å². The Kier molecular flexibility index (Phi) is 6.45. The molecular weight excluding hydrogens is 515 g/mol. The number of benzene rings is 4. The highest BCUT2D eigenvalue weighted by Gasteiger charge is 2.39. The fourth-order valence-corrected chi connectivity index (χ4v) is 4.18. The molecule has 0 saturated heterocycles. The summed E-state index contributed by atoms with van der Waals surface area (Å²) < 4.78 is 52.8. The van der Waals surface area contributed by atoms with E-state index in [1.165, 1.54) is 48.5 Å². The zero-order valence-corrected chi connectivity index (χ0v) is 19.8. The predicted octanol–water partition coefficient (Wildman–Crippen LogP) is 7.16. The Morgan fingerprint density at radius 2 is 1.67 bits per heavy atom. The third-order valence-electron chi connectivity index (χ3n) is 5.89. The standard InChI is InChI=1S/C29H16F3NO6/c30-29(31,32)28-26(22-10-4-7-18-6-1-2-9-21(18)22)27(35)23-13-12-20(16-24(23)39-28)38-25(34)14-11-17-5-3-8-19(15-17)33(36)37/h1-16H. The van der Waals surface area contributed by atoms with E-state index in [1.807, 2.05) is 0 Å². The quantitative estimate of drug-likeness (QED) is 0.0785. The molecule has 1 aromatic heterocycles. The van der Waals surface area contributed by atoms with Crippen LogP contribution in [0.3, 0.4) is 0 Å². The lowest BCUT2D eigenvalue weighted by molar-refractivity contribution is -0.384. The second-order valence-electron chi connectivity index (χ2n) is 8.42. The van der Waals surface area contributed by atoms with Crippen LogP contribution in [0.1, 0.15) is 11.3 Å². The molecule has 0 spiro atoms. The zero-order chi connectivity index (χ0) is 27.7. The maximum absolute atomic E-state index is 14.1. The molecule has 10 heteroatoms. The Balaban J connectivity index is 1.53. The van der Waals surface area contributed by atoms with Crippen molar-refractivity contribution in [1.29, 1.82) is 0 Å². The first-order valence-corrected chi connectivity index (χ1v) is 11.4. The lowest BCUT2D eigenvalue weighted by Gasteiger charge is -2.14. The van der Waals surface area contributed by atoms with Gasteiger partial charge in [-0.25, -0.2) is 4.79 Å². The average molecular weight is 531 g/mol. The number of nitro benzene ring substituents is 1. The van der Waals surface area contributed by atoms with E-state index in [2.05, 4.69) is 0 Å². The van der Waals surface area contributed by atoms with Gasteiger partial charge in [-0.15, -0.1) is 0 Å². The minimum Gasteiger partial charge on any atom is -0.450 e. The van der Waals surface area contributed by atoms with Gasteiger partial charge < -0.3 is 9.15 Å². The molecule has 0 aliphatic heterocycles. The van der Waals surface area contributed by atoms with Gasteiger partial charge in [-0.2, -0.15) is 13.2 Å². The summed E-state index contributed by atoms with van der Waals surface area (Å²) in [6.07, 6.45) is -2.70. The molecule has 0 bridgehead atoms. The number of carbonyl (C=O) groups is 1. The van der Waals surface area contributed by atoms with Crippen LogP contribution in [-0.2, 0) is 11.0 Å². The summed E-state index contributed by atoms with van der Waals surface area (Å²) in [7, 11) is 0. The lowest BCUT2D eigenvalue weighted by atomic mass is 9.96. The SMILES string of the molecule is O=C(C=Cc1cccc([N+](=O)[O-])c1)Oc1ccc2c(=O)c(-c3cccc4ccccc34)c(C(F)(F)F)oc2c1. The molecule has 5 rings (SSSR count). The van der Waals surface area contributed by atoms with Crippen LogP contribution in [0.5, 0.6) is 5.75 Å². The van der Waals surface area contributed by atoms with Gasteiger partial charge in [0.05, 0.1) is 15.9 Å². The molecular formula is C29H16F3NO6. The summed E-state index contributed by atoms with van der Waals surface area (Å²) in [6, 6.07) is 20.5. The highest BCUT2D eigenvalue weighted by Crippen LogP contribution is 2.39. The Hall–Kier alpha value is -5.25. The fraction of sp³-hybridized carbons (Fsp3) is 0.0345. The maximum atomic E-state index is 14.1. The van der Waals surface area contributed by atoms with Gasteiger partial charge in [-0.05, 0) is 40.1 Å². The molecule has 5 aromatic rings. The third kappa shape index (κ3) is 5.12.